The maximum atomic E-state index is 12.6. The van der Waals surface area contributed by atoms with Crippen molar-refractivity contribution in [1.82, 2.24) is 4.90 Å². The summed E-state index contributed by atoms with van der Waals surface area (Å²) >= 11 is 0. The largest absolute Gasteiger partial charge is 0.497 e. The number of methoxy groups -OCH3 is 2. The van der Waals surface area contributed by atoms with Gasteiger partial charge in [-0.1, -0.05) is 12.2 Å². The van der Waals surface area contributed by atoms with E-state index in [9.17, 15) is 9.59 Å². The van der Waals surface area contributed by atoms with E-state index >= 15 is 0 Å². The number of nitrogens with one attached hydrogen (secondary N) is 1. The number of likely N-dealkylation sites (tertiary alicyclic amines) is 1. The second-order valence-corrected chi connectivity index (χ2v) is 7.90. The SMILES string of the molecule is COc1ccc(NC(=O)CCC2CCN(C(=O)C3CC=CCC3)CC2)c(OC)c1. The number of ether oxygens (including phenoxy) is 2. The molecular formula is C23H32N2O4. The van der Waals surface area contributed by atoms with Crippen LogP contribution in [0.15, 0.2) is 30.4 Å². The van der Waals surface area contributed by atoms with Crippen LogP contribution < -0.4 is 14.8 Å². The summed E-state index contributed by atoms with van der Waals surface area (Å²) in [5.41, 5.74) is 0.653. The van der Waals surface area contributed by atoms with Gasteiger partial charge in [0, 0.05) is 31.5 Å². The van der Waals surface area contributed by atoms with Gasteiger partial charge in [-0.2, -0.15) is 0 Å². The Labute approximate surface area is 173 Å². The Morgan fingerprint density at radius 1 is 1.10 bits per heavy atom. The Kier molecular flexibility index (Phi) is 7.55. The van der Waals surface area contributed by atoms with Gasteiger partial charge in [-0.25, -0.2) is 0 Å². The van der Waals surface area contributed by atoms with E-state index in [4.69, 9.17) is 9.47 Å². The Bertz CT molecular complexity index is 738. The van der Waals surface area contributed by atoms with Crippen molar-refractivity contribution in [3.05, 3.63) is 30.4 Å². The van der Waals surface area contributed by atoms with Gasteiger partial charge >= 0.3 is 0 Å². The molecule has 0 radical (unpaired) electrons. The molecule has 0 saturated carbocycles. The smallest absolute Gasteiger partial charge is 0.226 e. The summed E-state index contributed by atoms with van der Waals surface area (Å²) in [6.45, 7) is 1.63. The summed E-state index contributed by atoms with van der Waals surface area (Å²) in [6.07, 6.45) is 10.5. The number of rotatable bonds is 7. The lowest BCUT2D eigenvalue weighted by molar-refractivity contribution is -0.137. The Hall–Kier alpha value is -2.50. The highest BCUT2D eigenvalue weighted by Gasteiger charge is 2.28. The Morgan fingerprint density at radius 2 is 1.90 bits per heavy atom. The van der Waals surface area contributed by atoms with Crippen molar-refractivity contribution >= 4 is 17.5 Å². The molecule has 1 heterocycles. The molecule has 1 atom stereocenters. The first-order valence-electron chi connectivity index (χ1n) is 10.6. The maximum Gasteiger partial charge on any atom is 0.226 e. The molecule has 0 aromatic heterocycles. The van der Waals surface area contributed by atoms with E-state index in [2.05, 4.69) is 17.5 Å². The molecule has 29 heavy (non-hydrogen) atoms. The van der Waals surface area contributed by atoms with Gasteiger partial charge in [0.1, 0.15) is 11.5 Å². The number of anilines is 1. The van der Waals surface area contributed by atoms with Crippen LogP contribution >= 0.6 is 0 Å². The summed E-state index contributed by atoms with van der Waals surface area (Å²) in [7, 11) is 3.17. The van der Waals surface area contributed by atoms with E-state index in [-0.39, 0.29) is 11.8 Å². The lowest BCUT2D eigenvalue weighted by Crippen LogP contribution is -2.42. The van der Waals surface area contributed by atoms with E-state index in [1.165, 1.54) is 0 Å². The fourth-order valence-corrected chi connectivity index (χ4v) is 4.17. The minimum absolute atomic E-state index is 0.0130. The number of piperidine rings is 1. The second kappa shape index (κ2) is 10.3. The number of benzene rings is 1. The van der Waals surface area contributed by atoms with Gasteiger partial charge < -0.3 is 19.7 Å². The number of carbonyl (C=O) groups is 2. The zero-order valence-corrected chi connectivity index (χ0v) is 17.5. The van der Waals surface area contributed by atoms with Gasteiger partial charge in [-0.3, -0.25) is 9.59 Å². The molecule has 0 bridgehead atoms. The van der Waals surface area contributed by atoms with Crippen LogP contribution in [-0.4, -0.2) is 44.0 Å². The van der Waals surface area contributed by atoms with Crippen LogP contribution in [0.25, 0.3) is 0 Å². The molecule has 2 amide bonds. The molecule has 1 aromatic rings. The van der Waals surface area contributed by atoms with E-state index in [0.717, 1.165) is 51.6 Å². The van der Waals surface area contributed by atoms with Crippen molar-refractivity contribution in [3.8, 4) is 11.5 Å². The first-order chi connectivity index (χ1) is 14.1. The standard InChI is InChI=1S/C23H32N2O4/c1-28-19-9-10-20(21(16-19)29-2)24-22(26)11-8-17-12-14-25(15-13-17)23(27)18-6-4-3-5-7-18/h3-4,9-10,16-18H,5-8,11-15H2,1-2H3,(H,24,26). The van der Waals surface area contributed by atoms with Crippen LogP contribution in [0.4, 0.5) is 5.69 Å². The van der Waals surface area contributed by atoms with Crippen LogP contribution in [0, 0.1) is 11.8 Å². The Morgan fingerprint density at radius 3 is 2.55 bits per heavy atom. The van der Waals surface area contributed by atoms with Crippen molar-refractivity contribution in [2.75, 3.05) is 32.6 Å². The van der Waals surface area contributed by atoms with Crippen molar-refractivity contribution < 1.29 is 19.1 Å². The zero-order valence-electron chi connectivity index (χ0n) is 17.5. The van der Waals surface area contributed by atoms with Crippen LogP contribution in [0.3, 0.4) is 0 Å². The molecule has 6 nitrogen and oxygen atoms in total. The summed E-state index contributed by atoms with van der Waals surface area (Å²) in [5.74, 6) is 2.24. The van der Waals surface area contributed by atoms with Gasteiger partial charge in [-0.05, 0) is 56.6 Å². The summed E-state index contributed by atoms with van der Waals surface area (Å²) in [4.78, 5) is 27.1. The normalized spacial score (nSPS) is 19.7. The third-order valence-electron chi connectivity index (χ3n) is 6.01. The highest BCUT2D eigenvalue weighted by atomic mass is 16.5. The van der Waals surface area contributed by atoms with Gasteiger partial charge in [0.25, 0.3) is 0 Å². The fourth-order valence-electron chi connectivity index (χ4n) is 4.17. The molecule has 1 unspecified atom stereocenters. The monoisotopic (exact) mass is 400 g/mol. The van der Waals surface area contributed by atoms with Crippen LogP contribution in [0.2, 0.25) is 0 Å². The van der Waals surface area contributed by atoms with Crippen molar-refractivity contribution in [2.24, 2.45) is 11.8 Å². The van der Waals surface area contributed by atoms with Gasteiger partial charge in [-0.15, -0.1) is 0 Å². The Balaban J connectivity index is 1.41. The summed E-state index contributed by atoms with van der Waals surface area (Å²) in [5, 5.41) is 2.93. The number of amides is 2. The van der Waals surface area contributed by atoms with Gasteiger partial charge in [0.15, 0.2) is 0 Å². The molecule has 158 valence electrons. The molecule has 1 aliphatic carbocycles. The first kappa shape index (κ1) is 21.2. The zero-order chi connectivity index (χ0) is 20.6. The van der Waals surface area contributed by atoms with E-state index < -0.39 is 0 Å². The lowest BCUT2D eigenvalue weighted by Gasteiger charge is -2.34. The number of hydrogen-bond donors (Lipinski definition) is 1. The van der Waals surface area contributed by atoms with E-state index in [0.29, 0.717) is 35.4 Å². The van der Waals surface area contributed by atoms with Crippen LogP contribution in [-0.2, 0) is 9.59 Å². The van der Waals surface area contributed by atoms with Gasteiger partial charge in [0.2, 0.25) is 11.8 Å². The lowest BCUT2D eigenvalue weighted by atomic mass is 9.89. The predicted octanol–water partition coefficient (Wildman–Crippen LogP) is 4.02. The third kappa shape index (κ3) is 5.75. The van der Waals surface area contributed by atoms with Crippen molar-refractivity contribution in [2.45, 2.75) is 44.9 Å². The number of nitrogens with zero attached hydrogens (tertiary/aromatic N) is 1. The van der Waals surface area contributed by atoms with Crippen LogP contribution in [0.5, 0.6) is 11.5 Å². The van der Waals surface area contributed by atoms with Crippen molar-refractivity contribution in [3.63, 3.8) is 0 Å². The minimum Gasteiger partial charge on any atom is -0.497 e. The molecule has 1 aromatic carbocycles. The van der Waals surface area contributed by atoms with Crippen molar-refractivity contribution in [1.29, 1.82) is 0 Å². The predicted molar refractivity (Wildman–Crippen MR) is 113 cm³/mol. The molecular weight excluding hydrogens is 368 g/mol. The molecule has 1 fully saturated rings. The molecule has 2 aliphatic rings. The topological polar surface area (TPSA) is 67.9 Å². The number of carbonyl (C=O) groups excluding carboxylic acids is 2. The minimum atomic E-state index is -0.0130. The molecule has 1 N–H and O–H groups in total. The molecule has 1 aliphatic heterocycles. The summed E-state index contributed by atoms with van der Waals surface area (Å²) in [6, 6.07) is 5.34. The van der Waals surface area contributed by atoms with Gasteiger partial charge in [0.05, 0.1) is 19.9 Å². The van der Waals surface area contributed by atoms with E-state index in [1.54, 1.807) is 32.4 Å². The molecule has 0 spiro atoms. The number of hydrogen-bond acceptors (Lipinski definition) is 4. The molecule has 6 heteroatoms. The average Bonchev–Trinajstić information content (AvgIpc) is 2.78. The highest BCUT2D eigenvalue weighted by molar-refractivity contribution is 5.92. The maximum absolute atomic E-state index is 12.6. The quantitative estimate of drug-likeness (QED) is 0.702. The molecule has 1 saturated heterocycles. The highest BCUT2D eigenvalue weighted by Crippen LogP contribution is 2.30. The first-order valence-corrected chi connectivity index (χ1v) is 10.6. The van der Waals surface area contributed by atoms with Crippen LogP contribution in [0.1, 0.15) is 44.9 Å². The van der Waals surface area contributed by atoms with E-state index in [1.807, 2.05) is 4.90 Å². The third-order valence-corrected chi connectivity index (χ3v) is 6.01. The summed E-state index contributed by atoms with van der Waals surface area (Å²) < 4.78 is 10.5. The fraction of sp³-hybridized carbons (Fsp3) is 0.565. The number of allylic oxidation sites excluding steroid dienone is 2. The molecule has 3 rings (SSSR count). The second-order valence-electron chi connectivity index (χ2n) is 7.90. The average molecular weight is 401 g/mol.